The van der Waals surface area contributed by atoms with Crippen molar-refractivity contribution in [3.8, 4) is 0 Å². The summed E-state index contributed by atoms with van der Waals surface area (Å²) in [5, 5.41) is 7.52. The Kier molecular flexibility index (Phi) is 3.54. The number of carbonyl (C=O) groups is 1. The zero-order valence-electron chi connectivity index (χ0n) is 10.2. The highest BCUT2D eigenvalue weighted by molar-refractivity contribution is 6.01. The van der Waals surface area contributed by atoms with E-state index in [1.807, 2.05) is 6.92 Å². The van der Waals surface area contributed by atoms with Gasteiger partial charge in [0.2, 0.25) is 5.78 Å². The molecule has 0 bridgehead atoms. The molecule has 1 fully saturated rings. The molecule has 0 spiro atoms. The van der Waals surface area contributed by atoms with Gasteiger partial charge in [-0.3, -0.25) is 4.79 Å². The fourth-order valence-corrected chi connectivity index (χ4v) is 2.14. The van der Waals surface area contributed by atoms with Gasteiger partial charge in [-0.2, -0.15) is 0 Å². The van der Waals surface area contributed by atoms with Gasteiger partial charge in [0.25, 0.3) is 0 Å². The van der Waals surface area contributed by atoms with E-state index >= 15 is 0 Å². The molecule has 17 heavy (non-hydrogen) atoms. The van der Waals surface area contributed by atoms with Crippen molar-refractivity contribution in [3.05, 3.63) is 11.9 Å². The molecule has 0 atom stereocenters. The Morgan fingerprint density at radius 3 is 2.82 bits per heavy atom. The molecule has 0 N–H and O–H groups in total. The lowest BCUT2D eigenvalue weighted by atomic mass is 9.87. The van der Waals surface area contributed by atoms with E-state index in [4.69, 9.17) is 9.47 Å². The van der Waals surface area contributed by atoms with Crippen LogP contribution in [0.15, 0.2) is 6.20 Å². The third kappa shape index (κ3) is 2.23. The third-order valence-electron chi connectivity index (χ3n) is 3.08. The smallest absolute Gasteiger partial charge is 0.214 e. The highest BCUT2D eigenvalue weighted by Crippen LogP contribution is 2.29. The van der Waals surface area contributed by atoms with Gasteiger partial charge < -0.3 is 9.47 Å². The molecule has 94 valence electrons. The number of Topliss-reactive ketones (excluding diaryl/α,β-unsaturated/α-hetero) is 1. The van der Waals surface area contributed by atoms with Crippen molar-refractivity contribution in [2.75, 3.05) is 19.8 Å². The minimum atomic E-state index is -0.761. The molecule has 6 nitrogen and oxygen atoms in total. The maximum absolute atomic E-state index is 12.5. The molecule has 0 amide bonds. The van der Waals surface area contributed by atoms with Crippen LogP contribution in [-0.4, -0.2) is 46.2 Å². The van der Waals surface area contributed by atoms with Gasteiger partial charge in [0, 0.05) is 39.7 Å². The average Bonchev–Trinajstić information content (AvgIpc) is 2.76. The van der Waals surface area contributed by atoms with Gasteiger partial charge >= 0.3 is 0 Å². The molecule has 1 aliphatic rings. The fraction of sp³-hybridized carbons (Fsp3) is 0.727. The van der Waals surface area contributed by atoms with Crippen LogP contribution in [0, 0.1) is 0 Å². The molecule has 0 saturated carbocycles. The summed E-state index contributed by atoms with van der Waals surface area (Å²) in [6, 6.07) is 0. The molecular weight excluding hydrogens is 222 g/mol. The largest absolute Gasteiger partial charge is 0.381 e. The summed E-state index contributed by atoms with van der Waals surface area (Å²) in [6.45, 7) is 3.51. The average molecular weight is 239 g/mol. The number of nitrogens with zero attached hydrogens (tertiary/aromatic N) is 3. The summed E-state index contributed by atoms with van der Waals surface area (Å²) in [5.74, 6) is -0.0462. The van der Waals surface area contributed by atoms with Crippen molar-refractivity contribution < 1.29 is 14.3 Å². The topological polar surface area (TPSA) is 66.2 Å². The number of ether oxygens (including phenoxy) is 2. The second kappa shape index (κ2) is 4.93. The molecule has 1 aromatic rings. The first-order valence-corrected chi connectivity index (χ1v) is 5.81. The van der Waals surface area contributed by atoms with Crippen LogP contribution in [0.2, 0.25) is 0 Å². The summed E-state index contributed by atoms with van der Waals surface area (Å²) in [7, 11) is 1.71. The third-order valence-corrected chi connectivity index (χ3v) is 3.08. The van der Waals surface area contributed by atoms with Gasteiger partial charge in [0.1, 0.15) is 11.3 Å². The number of aromatic nitrogens is 3. The normalized spacial score (nSPS) is 19.2. The summed E-state index contributed by atoms with van der Waals surface area (Å²) in [5.41, 5.74) is -0.275. The molecule has 1 aliphatic heterocycles. The maximum Gasteiger partial charge on any atom is 0.214 e. The Bertz CT molecular complexity index is 391. The first kappa shape index (κ1) is 12.2. The van der Waals surface area contributed by atoms with Crippen LogP contribution < -0.4 is 0 Å². The second-order valence-electron chi connectivity index (χ2n) is 4.11. The van der Waals surface area contributed by atoms with E-state index in [0.717, 1.165) is 0 Å². The molecular formula is C11H17N3O3. The van der Waals surface area contributed by atoms with Gasteiger partial charge in [-0.05, 0) is 6.92 Å². The van der Waals surface area contributed by atoms with Crippen LogP contribution in [-0.2, 0) is 16.5 Å². The van der Waals surface area contributed by atoms with E-state index in [1.54, 1.807) is 7.05 Å². The minimum absolute atomic E-state index is 0.0462. The molecule has 0 radical (unpaired) electrons. The van der Waals surface area contributed by atoms with Crippen LogP contribution in [0.25, 0.3) is 0 Å². The van der Waals surface area contributed by atoms with Crippen LogP contribution >= 0.6 is 0 Å². The molecule has 2 rings (SSSR count). The van der Waals surface area contributed by atoms with Crippen molar-refractivity contribution in [1.29, 1.82) is 0 Å². The van der Waals surface area contributed by atoms with E-state index in [1.165, 1.54) is 10.9 Å². The fourth-order valence-electron chi connectivity index (χ4n) is 2.14. The first-order valence-electron chi connectivity index (χ1n) is 5.81. The Labute approximate surface area is 99.9 Å². The lowest BCUT2D eigenvalue weighted by molar-refractivity contribution is -0.0825. The number of rotatable bonds is 4. The number of carbonyl (C=O) groups excluding carboxylic acids is 1. The maximum atomic E-state index is 12.5. The van der Waals surface area contributed by atoms with Gasteiger partial charge in [-0.25, -0.2) is 4.68 Å². The van der Waals surface area contributed by atoms with Gasteiger partial charge in [0.15, 0.2) is 0 Å². The van der Waals surface area contributed by atoms with Crippen LogP contribution in [0.1, 0.15) is 30.3 Å². The van der Waals surface area contributed by atoms with E-state index in [9.17, 15) is 4.79 Å². The molecule has 0 aromatic carbocycles. The summed E-state index contributed by atoms with van der Waals surface area (Å²) < 4.78 is 12.5. The summed E-state index contributed by atoms with van der Waals surface area (Å²) in [6.07, 6.45) is 2.66. The highest BCUT2D eigenvalue weighted by Gasteiger charge is 2.42. The molecule has 1 saturated heterocycles. The van der Waals surface area contributed by atoms with Gasteiger partial charge in [0.05, 0.1) is 6.20 Å². The first-order chi connectivity index (χ1) is 8.19. The summed E-state index contributed by atoms with van der Waals surface area (Å²) >= 11 is 0. The predicted molar refractivity (Wildman–Crippen MR) is 59.7 cm³/mol. The van der Waals surface area contributed by atoms with E-state index < -0.39 is 5.60 Å². The molecule has 0 unspecified atom stereocenters. The Hall–Kier alpha value is -1.27. The lowest BCUT2D eigenvalue weighted by Gasteiger charge is -2.35. The van der Waals surface area contributed by atoms with Gasteiger partial charge in [-0.1, -0.05) is 5.21 Å². The zero-order chi connectivity index (χ0) is 12.3. The Morgan fingerprint density at radius 1 is 1.59 bits per heavy atom. The number of hydrogen-bond donors (Lipinski definition) is 0. The van der Waals surface area contributed by atoms with Crippen molar-refractivity contribution in [2.45, 2.75) is 25.4 Å². The van der Waals surface area contributed by atoms with Crippen molar-refractivity contribution in [2.24, 2.45) is 7.05 Å². The lowest BCUT2D eigenvalue weighted by Crippen LogP contribution is -2.47. The highest BCUT2D eigenvalue weighted by atomic mass is 16.5. The Morgan fingerprint density at radius 2 is 2.29 bits per heavy atom. The molecule has 1 aromatic heterocycles. The van der Waals surface area contributed by atoms with Crippen LogP contribution in [0.5, 0.6) is 0 Å². The van der Waals surface area contributed by atoms with E-state index in [2.05, 4.69) is 10.3 Å². The minimum Gasteiger partial charge on any atom is -0.381 e. The molecule has 2 heterocycles. The predicted octanol–water partition coefficient (Wildman–Crippen LogP) is 0.583. The van der Waals surface area contributed by atoms with Crippen molar-refractivity contribution >= 4 is 5.78 Å². The SMILES string of the molecule is CCOC1(C(=O)c2cnnn2C)CCOCC1. The number of hydrogen-bond acceptors (Lipinski definition) is 5. The van der Waals surface area contributed by atoms with E-state index in [-0.39, 0.29) is 5.78 Å². The molecule has 6 heteroatoms. The zero-order valence-corrected chi connectivity index (χ0v) is 10.2. The summed E-state index contributed by atoms with van der Waals surface area (Å²) in [4.78, 5) is 12.5. The van der Waals surface area contributed by atoms with Crippen LogP contribution in [0.4, 0.5) is 0 Å². The number of ketones is 1. The second-order valence-corrected chi connectivity index (χ2v) is 4.11. The van der Waals surface area contributed by atoms with Gasteiger partial charge in [-0.15, -0.1) is 5.10 Å². The monoisotopic (exact) mass is 239 g/mol. The molecule has 0 aliphatic carbocycles. The van der Waals surface area contributed by atoms with Crippen LogP contribution in [0.3, 0.4) is 0 Å². The van der Waals surface area contributed by atoms with Crippen molar-refractivity contribution in [3.63, 3.8) is 0 Å². The quantitative estimate of drug-likeness (QED) is 0.719. The van der Waals surface area contributed by atoms with Crippen molar-refractivity contribution in [1.82, 2.24) is 15.0 Å². The standard InChI is InChI=1S/C11H17N3O3/c1-3-17-11(4-6-16-7-5-11)10(15)9-8-12-13-14(9)2/h8H,3-7H2,1-2H3. The Balaban J connectivity index is 2.27. The number of aryl methyl sites for hydroxylation is 1. The van der Waals surface area contributed by atoms with E-state index in [0.29, 0.717) is 38.4 Å².